The van der Waals surface area contributed by atoms with Gasteiger partial charge >= 0.3 is 0 Å². The Balaban J connectivity index is 1.97. The van der Waals surface area contributed by atoms with Gasteiger partial charge in [-0.3, -0.25) is 0 Å². The van der Waals surface area contributed by atoms with Gasteiger partial charge in [0.25, 0.3) is 5.95 Å². The molecule has 0 atom stereocenters. The van der Waals surface area contributed by atoms with Crippen LogP contribution in [0.1, 0.15) is 5.82 Å². The van der Waals surface area contributed by atoms with E-state index in [0.717, 1.165) is 5.82 Å². The molecule has 2 rings (SSSR count). The molecule has 2 N–H and O–H groups in total. The third-order valence-corrected chi connectivity index (χ3v) is 1.67. The van der Waals surface area contributed by atoms with Gasteiger partial charge in [0, 0.05) is 19.4 Å². The van der Waals surface area contributed by atoms with Crippen LogP contribution in [0.3, 0.4) is 0 Å². The second-order valence-electron chi connectivity index (χ2n) is 2.54. The molecule has 2 heterocycles. The topological polar surface area (TPSA) is 84.3 Å². The van der Waals surface area contributed by atoms with Gasteiger partial charge in [-0.15, -0.1) is 5.10 Å². The number of aromatic nitrogens is 6. The van der Waals surface area contributed by atoms with Crippen molar-refractivity contribution in [2.24, 2.45) is 7.05 Å². The molecule has 0 aromatic carbocycles. The molecule has 0 amide bonds. The maximum absolute atomic E-state index is 4.13. The Morgan fingerprint density at radius 1 is 1.62 bits per heavy atom. The monoisotopic (exact) mass is 179 g/mol. The molecule has 7 heteroatoms. The molecule has 68 valence electrons. The molecule has 0 saturated carbocycles. The van der Waals surface area contributed by atoms with Crippen molar-refractivity contribution >= 4 is 5.95 Å². The highest BCUT2D eigenvalue weighted by Gasteiger charge is 2.00. The van der Waals surface area contributed by atoms with E-state index < -0.39 is 0 Å². The Kier molecular flexibility index (Phi) is 1.91. The lowest BCUT2D eigenvalue weighted by Gasteiger charge is -2.00. The van der Waals surface area contributed by atoms with E-state index in [9.17, 15) is 0 Å². The summed E-state index contributed by atoms with van der Waals surface area (Å²) in [6.07, 6.45) is 3.63. The van der Waals surface area contributed by atoms with E-state index in [1.54, 1.807) is 6.20 Å². The number of aromatic amines is 1. The fourth-order valence-corrected chi connectivity index (χ4v) is 0.962. The molecule has 0 unspecified atom stereocenters. The molecule has 2 aromatic rings. The maximum Gasteiger partial charge on any atom is 0.263 e. The van der Waals surface area contributed by atoms with Gasteiger partial charge in [-0.2, -0.15) is 5.21 Å². The van der Waals surface area contributed by atoms with Crippen molar-refractivity contribution < 1.29 is 0 Å². The molecule has 0 fully saturated rings. The molecule has 0 bridgehead atoms. The van der Waals surface area contributed by atoms with Crippen molar-refractivity contribution in [1.29, 1.82) is 0 Å². The molecule has 0 saturated heterocycles. The van der Waals surface area contributed by atoms with Gasteiger partial charge < -0.3 is 9.88 Å². The lowest BCUT2D eigenvalue weighted by molar-refractivity contribution is 0.808. The quantitative estimate of drug-likeness (QED) is 0.666. The molecular formula is C6H9N7. The van der Waals surface area contributed by atoms with Gasteiger partial charge in [0.05, 0.1) is 6.54 Å². The number of rotatable bonds is 3. The largest absolute Gasteiger partial charge is 0.344 e. The Labute approximate surface area is 74.2 Å². The lowest BCUT2D eigenvalue weighted by Crippen LogP contribution is -2.06. The van der Waals surface area contributed by atoms with E-state index in [4.69, 9.17) is 0 Å². The van der Waals surface area contributed by atoms with E-state index in [-0.39, 0.29) is 0 Å². The van der Waals surface area contributed by atoms with Crippen LogP contribution in [0.25, 0.3) is 0 Å². The zero-order valence-electron chi connectivity index (χ0n) is 7.10. The van der Waals surface area contributed by atoms with Crippen LogP contribution in [0.15, 0.2) is 12.4 Å². The second-order valence-corrected chi connectivity index (χ2v) is 2.54. The van der Waals surface area contributed by atoms with Crippen molar-refractivity contribution in [2.75, 3.05) is 5.32 Å². The normalized spacial score (nSPS) is 10.2. The zero-order chi connectivity index (χ0) is 9.10. The Bertz CT molecular complexity index is 362. The van der Waals surface area contributed by atoms with Gasteiger partial charge in [-0.1, -0.05) is 5.10 Å². The maximum atomic E-state index is 4.13. The van der Waals surface area contributed by atoms with Crippen LogP contribution in [0, 0.1) is 0 Å². The highest BCUT2D eigenvalue weighted by molar-refractivity contribution is 5.19. The standard InChI is InChI=1S/C6H9N7/c1-13-3-2-7-5(13)4-8-6-9-11-12-10-6/h2-3H,4H2,1H3,(H2,8,9,10,11,12). The summed E-state index contributed by atoms with van der Waals surface area (Å²) in [5, 5.41) is 16.2. The Hall–Kier alpha value is -1.92. The van der Waals surface area contributed by atoms with Gasteiger partial charge in [0.1, 0.15) is 5.82 Å². The summed E-state index contributed by atoms with van der Waals surface area (Å²) in [4.78, 5) is 4.13. The van der Waals surface area contributed by atoms with E-state index in [1.807, 2.05) is 17.8 Å². The molecule has 0 aliphatic rings. The average molecular weight is 179 g/mol. The fourth-order valence-electron chi connectivity index (χ4n) is 0.962. The molecule has 0 aliphatic heterocycles. The van der Waals surface area contributed by atoms with Crippen LogP contribution in [-0.2, 0) is 13.6 Å². The number of anilines is 1. The van der Waals surface area contributed by atoms with Gasteiger partial charge in [-0.05, 0) is 5.21 Å². The van der Waals surface area contributed by atoms with Crippen LogP contribution in [0.2, 0.25) is 0 Å². The number of hydrogen-bond acceptors (Lipinski definition) is 5. The van der Waals surface area contributed by atoms with Crippen molar-refractivity contribution in [1.82, 2.24) is 30.2 Å². The highest BCUT2D eigenvalue weighted by atomic mass is 15.5. The third kappa shape index (κ3) is 1.63. The van der Waals surface area contributed by atoms with E-state index >= 15 is 0 Å². The van der Waals surface area contributed by atoms with Crippen molar-refractivity contribution in [3.8, 4) is 0 Å². The first-order valence-corrected chi connectivity index (χ1v) is 3.80. The molecule has 0 spiro atoms. The summed E-state index contributed by atoms with van der Waals surface area (Å²) >= 11 is 0. The Morgan fingerprint density at radius 3 is 3.15 bits per heavy atom. The zero-order valence-corrected chi connectivity index (χ0v) is 7.10. The molecule has 7 nitrogen and oxygen atoms in total. The molecular weight excluding hydrogens is 170 g/mol. The lowest BCUT2D eigenvalue weighted by atomic mass is 10.6. The van der Waals surface area contributed by atoms with E-state index in [0.29, 0.717) is 12.5 Å². The summed E-state index contributed by atoms with van der Waals surface area (Å²) in [5.74, 6) is 1.40. The highest BCUT2D eigenvalue weighted by Crippen LogP contribution is 1.97. The Morgan fingerprint density at radius 2 is 2.54 bits per heavy atom. The van der Waals surface area contributed by atoms with E-state index in [2.05, 4.69) is 30.9 Å². The number of imidazole rings is 1. The van der Waals surface area contributed by atoms with Crippen LogP contribution >= 0.6 is 0 Å². The van der Waals surface area contributed by atoms with Crippen LogP contribution < -0.4 is 5.32 Å². The summed E-state index contributed by atoms with van der Waals surface area (Å²) in [6.45, 7) is 0.586. The summed E-state index contributed by atoms with van der Waals surface area (Å²) in [7, 11) is 1.93. The van der Waals surface area contributed by atoms with Crippen LogP contribution in [0.5, 0.6) is 0 Å². The third-order valence-electron chi connectivity index (χ3n) is 1.67. The fraction of sp³-hybridized carbons (Fsp3) is 0.333. The van der Waals surface area contributed by atoms with Crippen molar-refractivity contribution in [2.45, 2.75) is 6.54 Å². The number of hydrogen-bond donors (Lipinski definition) is 2. The predicted octanol–water partition coefficient (Wildman–Crippen LogP) is -0.455. The number of nitrogens with zero attached hydrogens (tertiary/aromatic N) is 5. The average Bonchev–Trinajstić information content (AvgIpc) is 2.72. The molecule has 13 heavy (non-hydrogen) atoms. The molecule has 0 aliphatic carbocycles. The number of aryl methyl sites for hydroxylation is 1. The second kappa shape index (κ2) is 3.21. The number of tetrazole rings is 1. The summed E-state index contributed by atoms with van der Waals surface area (Å²) in [6, 6.07) is 0. The van der Waals surface area contributed by atoms with Gasteiger partial charge in [-0.25, -0.2) is 4.98 Å². The first-order chi connectivity index (χ1) is 6.36. The minimum Gasteiger partial charge on any atom is -0.344 e. The van der Waals surface area contributed by atoms with Crippen LogP contribution in [0.4, 0.5) is 5.95 Å². The minimum atomic E-state index is 0.475. The molecule has 0 radical (unpaired) electrons. The predicted molar refractivity (Wildman–Crippen MR) is 44.7 cm³/mol. The first kappa shape index (κ1) is 7.71. The first-order valence-electron chi connectivity index (χ1n) is 3.80. The smallest absolute Gasteiger partial charge is 0.263 e. The van der Waals surface area contributed by atoms with Gasteiger partial charge in [0.15, 0.2) is 0 Å². The van der Waals surface area contributed by atoms with Crippen molar-refractivity contribution in [3.63, 3.8) is 0 Å². The SMILES string of the molecule is Cn1ccnc1CNc1nn[nH]n1. The minimum absolute atomic E-state index is 0.475. The van der Waals surface area contributed by atoms with Crippen LogP contribution in [-0.4, -0.2) is 30.2 Å². The summed E-state index contributed by atoms with van der Waals surface area (Å²) < 4.78 is 1.92. The number of nitrogens with one attached hydrogen (secondary N) is 2. The van der Waals surface area contributed by atoms with Crippen molar-refractivity contribution in [3.05, 3.63) is 18.2 Å². The number of H-pyrrole nitrogens is 1. The summed E-state index contributed by atoms with van der Waals surface area (Å²) in [5.41, 5.74) is 0. The van der Waals surface area contributed by atoms with Gasteiger partial charge in [0.2, 0.25) is 0 Å². The van der Waals surface area contributed by atoms with E-state index in [1.165, 1.54) is 0 Å². The molecule has 2 aromatic heterocycles.